The highest BCUT2D eigenvalue weighted by molar-refractivity contribution is 5.86. The molecule has 1 aliphatic heterocycles. The van der Waals surface area contributed by atoms with E-state index in [1.54, 1.807) is 0 Å². The molecule has 8 heteroatoms. The Labute approximate surface area is 208 Å². The second-order valence-electron chi connectivity index (χ2n) is 9.48. The van der Waals surface area contributed by atoms with Crippen molar-refractivity contribution in [3.05, 3.63) is 46.6 Å². The molecule has 0 saturated carbocycles. The molecule has 4 rings (SSSR count). The van der Waals surface area contributed by atoms with E-state index in [0.29, 0.717) is 31.9 Å². The zero-order chi connectivity index (χ0) is 24.9. The fraction of sp³-hybridized carbons (Fsp3) is 0.519. The topological polar surface area (TPSA) is 75.5 Å². The summed E-state index contributed by atoms with van der Waals surface area (Å²) in [5.41, 5.74) is 5.92. The Hall–Kier alpha value is -2.97. The second-order valence-corrected chi connectivity index (χ2v) is 9.48. The summed E-state index contributed by atoms with van der Waals surface area (Å²) in [7, 11) is 2.15. The van der Waals surface area contributed by atoms with E-state index >= 15 is 0 Å². The van der Waals surface area contributed by atoms with E-state index in [9.17, 15) is 4.79 Å². The van der Waals surface area contributed by atoms with Gasteiger partial charge in [0.2, 0.25) is 11.8 Å². The molecule has 1 N–H and O–H groups in total. The van der Waals surface area contributed by atoms with E-state index in [2.05, 4.69) is 48.1 Å². The lowest BCUT2D eigenvalue weighted by atomic mass is 10.0. The third-order valence-corrected chi connectivity index (χ3v) is 6.80. The average Bonchev–Trinajstić information content (AvgIpc) is 3.16. The number of piperazine rings is 1. The van der Waals surface area contributed by atoms with Gasteiger partial charge in [-0.3, -0.25) is 9.69 Å². The Bertz CT molecular complexity index is 1180. The van der Waals surface area contributed by atoms with E-state index in [1.165, 1.54) is 5.56 Å². The van der Waals surface area contributed by atoms with Gasteiger partial charge in [0.25, 0.3) is 0 Å². The Morgan fingerprint density at radius 1 is 1.14 bits per heavy atom. The number of pyridine rings is 1. The molecule has 2 aromatic heterocycles. The van der Waals surface area contributed by atoms with Gasteiger partial charge in [-0.25, -0.2) is 4.68 Å². The molecule has 1 aliphatic rings. The van der Waals surface area contributed by atoms with Crippen molar-refractivity contribution >= 4 is 16.9 Å². The van der Waals surface area contributed by atoms with E-state index in [0.717, 1.165) is 66.3 Å². The van der Waals surface area contributed by atoms with E-state index in [1.807, 2.05) is 30.7 Å². The summed E-state index contributed by atoms with van der Waals surface area (Å²) < 4.78 is 7.85. The number of rotatable bonds is 9. The van der Waals surface area contributed by atoms with Crippen molar-refractivity contribution in [1.82, 2.24) is 29.9 Å². The van der Waals surface area contributed by atoms with Crippen LogP contribution in [0.25, 0.3) is 16.7 Å². The van der Waals surface area contributed by atoms with Crippen molar-refractivity contribution in [2.45, 2.75) is 40.5 Å². The van der Waals surface area contributed by atoms with Crippen molar-refractivity contribution in [1.29, 1.82) is 0 Å². The third kappa shape index (κ3) is 5.82. The Balaban J connectivity index is 1.49. The highest BCUT2D eigenvalue weighted by Crippen LogP contribution is 2.32. The number of benzene rings is 1. The summed E-state index contributed by atoms with van der Waals surface area (Å²) in [5.74, 6) is 0.657. The lowest BCUT2D eigenvalue weighted by molar-refractivity contribution is -0.121. The molecule has 0 bridgehead atoms. The van der Waals surface area contributed by atoms with Crippen LogP contribution in [0.3, 0.4) is 0 Å². The van der Waals surface area contributed by atoms with Crippen molar-refractivity contribution in [3.8, 4) is 11.6 Å². The lowest BCUT2D eigenvalue weighted by Gasteiger charge is -2.32. The van der Waals surface area contributed by atoms with Crippen molar-refractivity contribution < 1.29 is 9.53 Å². The SMILES string of the molecule is CCOc1nc2c(c(C)nn2-c2cccc(C)c2)c(C)c1CCC(=O)NCCN1CCN(C)CC1. The monoisotopic (exact) mass is 478 g/mol. The average molecular weight is 479 g/mol. The Morgan fingerprint density at radius 3 is 2.63 bits per heavy atom. The van der Waals surface area contributed by atoms with Crippen LogP contribution in [0.1, 0.15) is 35.7 Å². The number of nitrogens with zero attached hydrogens (tertiary/aromatic N) is 5. The molecule has 3 aromatic rings. The molecule has 3 heterocycles. The first kappa shape index (κ1) is 25.1. The number of aromatic nitrogens is 3. The van der Waals surface area contributed by atoms with Gasteiger partial charge in [0.15, 0.2) is 5.65 Å². The van der Waals surface area contributed by atoms with Gasteiger partial charge in [-0.15, -0.1) is 0 Å². The number of carbonyl (C=O) groups is 1. The largest absolute Gasteiger partial charge is 0.478 e. The molecule has 1 fully saturated rings. The number of nitrogens with one attached hydrogen (secondary N) is 1. The molecule has 1 amide bonds. The number of amides is 1. The molecule has 8 nitrogen and oxygen atoms in total. The minimum absolute atomic E-state index is 0.0632. The molecule has 1 saturated heterocycles. The normalized spacial score (nSPS) is 15.0. The van der Waals surface area contributed by atoms with Gasteiger partial charge in [0.05, 0.1) is 18.0 Å². The number of hydrogen-bond acceptors (Lipinski definition) is 6. The fourth-order valence-corrected chi connectivity index (χ4v) is 4.77. The van der Waals surface area contributed by atoms with Crippen molar-refractivity contribution in [3.63, 3.8) is 0 Å². The van der Waals surface area contributed by atoms with Gasteiger partial charge in [-0.2, -0.15) is 10.1 Å². The van der Waals surface area contributed by atoms with Gasteiger partial charge in [0.1, 0.15) is 0 Å². The molecule has 0 aliphatic carbocycles. The van der Waals surface area contributed by atoms with Crippen LogP contribution >= 0.6 is 0 Å². The smallest absolute Gasteiger partial charge is 0.220 e. The summed E-state index contributed by atoms with van der Waals surface area (Å²) in [4.78, 5) is 22.3. The molecule has 1 aromatic carbocycles. The van der Waals surface area contributed by atoms with Crippen LogP contribution in [-0.4, -0.2) is 83.4 Å². The molecule has 0 atom stereocenters. The minimum Gasteiger partial charge on any atom is -0.478 e. The maximum atomic E-state index is 12.6. The Kier molecular flexibility index (Phi) is 8.03. The van der Waals surface area contributed by atoms with Crippen LogP contribution in [0, 0.1) is 20.8 Å². The quantitative estimate of drug-likeness (QED) is 0.510. The van der Waals surface area contributed by atoms with Crippen molar-refractivity contribution in [2.24, 2.45) is 0 Å². The van der Waals surface area contributed by atoms with E-state index < -0.39 is 0 Å². The van der Waals surface area contributed by atoms with Crippen LogP contribution in [0.2, 0.25) is 0 Å². The first-order chi connectivity index (χ1) is 16.9. The summed E-state index contributed by atoms with van der Waals surface area (Å²) in [5, 5.41) is 8.92. The highest BCUT2D eigenvalue weighted by atomic mass is 16.5. The van der Waals surface area contributed by atoms with Crippen LogP contribution < -0.4 is 10.1 Å². The molecule has 0 spiro atoms. The number of hydrogen-bond donors (Lipinski definition) is 1. The predicted octanol–water partition coefficient (Wildman–Crippen LogP) is 3.04. The summed E-state index contributed by atoms with van der Waals surface area (Å²) in [6.07, 6.45) is 0.988. The van der Waals surface area contributed by atoms with E-state index in [4.69, 9.17) is 14.8 Å². The number of carbonyl (C=O) groups excluding carboxylic acids is 1. The fourth-order valence-electron chi connectivity index (χ4n) is 4.77. The number of aryl methyl sites for hydroxylation is 3. The van der Waals surface area contributed by atoms with Gasteiger partial charge < -0.3 is 15.0 Å². The maximum absolute atomic E-state index is 12.6. The third-order valence-electron chi connectivity index (χ3n) is 6.80. The van der Waals surface area contributed by atoms with Crippen LogP contribution in [0.15, 0.2) is 24.3 Å². The second kappa shape index (κ2) is 11.2. The predicted molar refractivity (Wildman–Crippen MR) is 140 cm³/mol. The van der Waals surface area contributed by atoms with E-state index in [-0.39, 0.29) is 5.91 Å². The van der Waals surface area contributed by atoms with Gasteiger partial charge in [0, 0.05) is 56.6 Å². The van der Waals surface area contributed by atoms with Crippen LogP contribution in [-0.2, 0) is 11.2 Å². The minimum atomic E-state index is 0.0632. The van der Waals surface area contributed by atoms with Crippen LogP contribution in [0.5, 0.6) is 5.88 Å². The zero-order valence-corrected chi connectivity index (χ0v) is 21.7. The van der Waals surface area contributed by atoms with Crippen LogP contribution in [0.4, 0.5) is 0 Å². The first-order valence-corrected chi connectivity index (χ1v) is 12.6. The number of ether oxygens (including phenoxy) is 1. The molecule has 0 radical (unpaired) electrons. The molecule has 35 heavy (non-hydrogen) atoms. The molecular weight excluding hydrogens is 440 g/mol. The number of likely N-dealkylation sites (N-methyl/N-ethyl adjacent to an activating group) is 1. The maximum Gasteiger partial charge on any atom is 0.220 e. The van der Waals surface area contributed by atoms with Gasteiger partial charge >= 0.3 is 0 Å². The molecule has 0 unspecified atom stereocenters. The first-order valence-electron chi connectivity index (χ1n) is 12.6. The summed E-state index contributed by atoms with van der Waals surface area (Å²) in [6, 6.07) is 8.24. The van der Waals surface area contributed by atoms with Gasteiger partial charge in [-0.05, 0) is 64.4 Å². The lowest BCUT2D eigenvalue weighted by Crippen LogP contribution is -2.46. The zero-order valence-electron chi connectivity index (χ0n) is 21.7. The van der Waals surface area contributed by atoms with Crippen molar-refractivity contribution in [2.75, 3.05) is 52.9 Å². The Morgan fingerprint density at radius 2 is 1.91 bits per heavy atom. The standard InChI is InChI=1S/C27H38N6O2/c1-6-35-27-23(10-11-24(34)28-12-13-32-16-14-31(5)15-17-32)20(3)25-21(4)30-33(26(25)29-27)22-9-7-8-19(2)18-22/h7-9,18H,6,10-17H2,1-5H3,(H,28,34). The summed E-state index contributed by atoms with van der Waals surface area (Å²) >= 11 is 0. The number of fused-ring (bicyclic) bond motifs is 1. The van der Waals surface area contributed by atoms with Gasteiger partial charge in [-0.1, -0.05) is 12.1 Å². The summed E-state index contributed by atoms with van der Waals surface area (Å²) in [6.45, 7) is 14.5. The molecule has 188 valence electrons. The molecular formula is C27H38N6O2. The highest BCUT2D eigenvalue weighted by Gasteiger charge is 2.21.